The number of fused-ring (bicyclic) bond motifs is 1. The van der Waals surface area contributed by atoms with Crippen LogP contribution in [0.2, 0.25) is 4.34 Å². The van der Waals surface area contributed by atoms with Gasteiger partial charge in [0.2, 0.25) is 0 Å². The van der Waals surface area contributed by atoms with Crippen molar-refractivity contribution < 1.29 is 18.0 Å². The van der Waals surface area contributed by atoms with Crippen molar-refractivity contribution in [3.63, 3.8) is 0 Å². The topological polar surface area (TPSA) is 88.1 Å². The molecule has 172 valence electrons. The van der Waals surface area contributed by atoms with E-state index in [1.165, 1.54) is 10.4 Å². The van der Waals surface area contributed by atoms with Gasteiger partial charge in [0.15, 0.2) is 0 Å². The smallest absolute Gasteiger partial charge is 0.269 e. The van der Waals surface area contributed by atoms with Crippen LogP contribution in [0.5, 0.6) is 0 Å². The Labute approximate surface area is 201 Å². The number of piperidine rings is 1. The molecule has 0 radical (unpaired) electrons. The Kier molecular flexibility index (Phi) is 5.90. The Balaban J connectivity index is 1.19. The normalized spacial score (nSPS) is 18.3. The summed E-state index contributed by atoms with van der Waals surface area (Å²) in [6, 6.07) is 17.2. The zero-order valence-electron chi connectivity index (χ0n) is 17.7. The molecule has 0 saturated carbocycles. The first kappa shape index (κ1) is 22.3. The molecule has 1 fully saturated rings. The summed E-state index contributed by atoms with van der Waals surface area (Å²) in [5.74, 6) is -0.261. The molecule has 5 rings (SSSR count). The average molecular weight is 504 g/mol. The van der Waals surface area contributed by atoms with Gasteiger partial charge in [0.05, 0.1) is 4.34 Å². The van der Waals surface area contributed by atoms with Gasteiger partial charge in [0.1, 0.15) is 15.5 Å². The molecule has 0 unspecified atom stereocenters. The van der Waals surface area contributed by atoms with Crippen LogP contribution in [0.4, 0.5) is 0 Å². The van der Waals surface area contributed by atoms with Crippen molar-refractivity contribution in [1.29, 1.82) is 0 Å². The molecule has 7 nitrogen and oxygen atoms in total. The van der Waals surface area contributed by atoms with Crippen molar-refractivity contribution in [3.05, 3.63) is 64.5 Å². The lowest BCUT2D eigenvalue weighted by Crippen LogP contribution is -2.47. The lowest BCUT2D eigenvalue weighted by molar-refractivity contribution is -0.115. The standard InChI is InChI=1S/C23H22ClN3O4S2/c24-20-8-9-21(32-20)33(29,30)27-12-10-23(11-13-27)14-19(26-31-23)22(28)25-15-17-6-3-5-16-4-1-2-7-18(16)17/h1-9H,10-15H2,(H,25,28). The van der Waals surface area contributed by atoms with Crippen molar-refractivity contribution in [2.75, 3.05) is 13.1 Å². The van der Waals surface area contributed by atoms with Gasteiger partial charge in [-0.1, -0.05) is 59.2 Å². The van der Waals surface area contributed by atoms with Crippen LogP contribution in [-0.2, 0) is 26.2 Å². The minimum Gasteiger partial charge on any atom is -0.388 e. The zero-order valence-corrected chi connectivity index (χ0v) is 20.0. The van der Waals surface area contributed by atoms with E-state index in [4.69, 9.17) is 16.4 Å². The van der Waals surface area contributed by atoms with Crippen molar-refractivity contribution in [2.45, 2.75) is 35.6 Å². The second-order valence-electron chi connectivity index (χ2n) is 8.27. The van der Waals surface area contributed by atoms with E-state index in [-0.39, 0.29) is 10.1 Å². The summed E-state index contributed by atoms with van der Waals surface area (Å²) in [5.41, 5.74) is 0.741. The first-order valence-corrected chi connectivity index (χ1v) is 13.3. The Bertz CT molecular complexity index is 1340. The highest BCUT2D eigenvalue weighted by Gasteiger charge is 2.46. The number of nitrogens with one attached hydrogen (secondary N) is 1. The molecule has 0 aliphatic carbocycles. The molecule has 2 aliphatic rings. The van der Waals surface area contributed by atoms with E-state index < -0.39 is 15.6 Å². The quantitative estimate of drug-likeness (QED) is 0.566. The molecule has 1 aromatic heterocycles. The van der Waals surface area contributed by atoms with Crippen molar-refractivity contribution in [1.82, 2.24) is 9.62 Å². The molecule has 1 saturated heterocycles. The fraction of sp³-hybridized carbons (Fsp3) is 0.304. The maximum atomic E-state index is 12.8. The molecule has 3 aromatic rings. The second-order valence-corrected chi connectivity index (χ2v) is 12.2. The molecule has 1 amide bonds. The van der Waals surface area contributed by atoms with Gasteiger partial charge >= 0.3 is 0 Å². The van der Waals surface area contributed by atoms with Crippen molar-refractivity contribution >= 4 is 55.4 Å². The zero-order chi connectivity index (χ0) is 23.1. The highest BCUT2D eigenvalue weighted by molar-refractivity contribution is 7.91. The summed E-state index contributed by atoms with van der Waals surface area (Å²) in [7, 11) is -3.58. The molecular weight excluding hydrogens is 482 g/mol. The number of benzene rings is 2. The number of halogens is 1. The Hall–Kier alpha value is -2.46. The first-order valence-electron chi connectivity index (χ1n) is 10.6. The monoisotopic (exact) mass is 503 g/mol. The number of rotatable bonds is 5. The predicted octanol–water partition coefficient (Wildman–Crippen LogP) is 4.17. The Morgan fingerprint density at radius 3 is 2.64 bits per heavy atom. The van der Waals surface area contributed by atoms with Crippen LogP contribution < -0.4 is 5.32 Å². The third kappa shape index (κ3) is 4.38. The molecule has 0 atom stereocenters. The lowest BCUT2D eigenvalue weighted by atomic mass is 9.87. The van der Waals surface area contributed by atoms with E-state index >= 15 is 0 Å². The Morgan fingerprint density at radius 2 is 1.88 bits per heavy atom. The molecule has 1 spiro atoms. The van der Waals surface area contributed by atoms with Crippen molar-refractivity contribution in [3.8, 4) is 0 Å². The number of amides is 1. The molecule has 10 heteroatoms. The van der Waals surface area contributed by atoms with Crippen LogP contribution in [-0.4, -0.2) is 43.0 Å². The molecule has 0 bridgehead atoms. The number of thiophene rings is 1. The van der Waals surface area contributed by atoms with Crippen LogP contribution in [0, 0.1) is 0 Å². The molecule has 1 N–H and O–H groups in total. The summed E-state index contributed by atoms with van der Waals surface area (Å²) in [6.45, 7) is 0.998. The summed E-state index contributed by atoms with van der Waals surface area (Å²) in [4.78, 5) is 18.4. The average Bonchev–Trinajstić information content (AvgIpc) is 3.45. The van der Waals surface area contributed by atoms with Gasteiger partial charge < -0.3 is 10.2 Å². The maximum Gasteiger partial charge on any atom is 0.269 e. The molecule has 33 heavy (non-hydrogen) atoms. The predicted molar refractivity (Wildman–Crippen MR) is 129 cm³/mol. The molecule has 3 heterocycles. The largest absolute Gasteiger partial charge is 0.388 e. The van der Waals surface area contributed by atoms with E-state index in [1.54, 1.807) is 6.07 Å². The first-order chi connectivity index (χ1) is 15.9. The van der Waals surface area contributed by atoms with E-state index in [2.05, 4.69) is 10.5 Å². The molecule has 2 aromatic carbocycles. The van der Waals surface area contributed by atoms with Gasteiger partial charge in [0.25, 0.3) is 15.9 Å². The highest BCUT2D eigenvalue weighted by atomic mass is 35.5. The number of sulfonamides is 1. The number of nitrogens with zero attached hydrogens (tertiary/aromatic N) is 2. The minimum absolute atomic E-state index is 0.237. The minimum atomic E-state index is -3.58. The van der Waals surface area contributed by atoms with Gasteiger partial charge in [-0.3, -0.25) is 4.79 Å². The SMILES string of the molecule is O=C(NCc1cccc2ccccc12)C1=NOC2(CCN(S(=O)(=O)c3ccc(Cl)s3)CC2)C1. The fourth-order valence-corrected chi connectivity index (χ4v) is 7.41. The second kappa shape index (κ2) is 8.72. The third-order valence-electron chi connectivity index (χ3n) is 6.20. The summed E-state index contributed by atoms with van der Waals surface area (Å²) in [5, 5.41) is 9.22. The lowest BCUT2D eigenvalue weighted by Gasteiger charge is -2.36. The van der Waals surface area contributed by atoms with Crippen molar-refractivity contribution in [2.24, 2.45) is 5.16 Å². The number of oxime groups is 1. The maximum absolute atomic E-state index is 12.8. The third-order valence-corrected chi connectivity index (χ3v) is 9.79. The Morgan fingerprint density at radius 1 is 1.12 bits per heavy atom. The number of hydrogen-bond donors (Lipinski definition) is 1. The van der Waals surface area contributed by atoms with Gasteiger partial charge in [-0.15, -0.1) is 11.3 Å². The highest BCUT2D eigenvalue weighted by Crippen LogP contribution is 2.37. The van der Waals surface area contributed by atoms with Crippen LogP contribution in [0.3, 0.4) is 0 Å². The van der Waals surface area contributed by atoms with Crippen LogP contribution in [0.1, 0.15) is 24.8 Å². The fourth-order valence-electron chi connectivity index (χ4n) is 4.33. The van der Waals surface area contributed by atoms with E-state index in [9.17, 15) is 13.2 Å². The van der Waals surface area contributed by atoms with Crippen LogP contribution >= 0.6 is 22.9 Å². The number of carbonyl (C=O) groups is 1. The summed E-state index contributed by atoms with van der Waals surface area (Å²) < 4.78 is 27.8. The van der Waals surface area contributed by atoms with E-state index in [1.807, 2.05) is 42.5 Å². The van der Waals surface area contributed by atoms with Gasteiger partial charge in [-0.2, -0.15) is 4.31 Å². The number of carbonyl (C=O) groups excluding carboxylic acids is 1. The van der Waals surface area contributed by atoms with Crippen LogP contribution in [0.25, 0.3) is 10.8 Å². The van der Waals surface area contributed by atoms with Gasteiger partial charge in [-0.25, -0.2) is 8.42 Å². The summed E-state index contributed by atoms with van der Waals surface area (Å²) >= 11 is 6.96. The van der Waals surface area contributed by atoms with E-state index in [0.717, 1.165) is 27.7 Å². The summed E-state index contributed by atoms with van der Waals surface area (Å²) in [6.07, 6.45) is 1.30. The van der Waals surface area contributed by atoms with Gasteiger partial charge in [0, 0.05) is 38.9 Å². The molecular formula is C23H22ClN3O4S2. The molecule has 2 aliphatic heterocycles. The van der Waals surface area contributed by atoms with Crippen LogP contribution in [0.15, 0.2) is 64.0 Å². The van der Waals surface area contributed by atoms with E-state index in [0.29, 0.717) is 48.9 Å². The van der Waals surface area contributed by atoms with Gasteiger partial charge in [-0.05, 0) is 28.5 Å². The number of hydrogen-bond acceptors (Lipinski definition) is 6.